The fraction of sp³-hybridized carbons (Fsp3) is 0.385. The fourth-order valence-corrected chi connectivity index (χ4v) is 2.85. The van der Waals surface area contributed by atoms with E-state index in [1.54, 1.807) is 0 Å². The Morgan fingerprint density at radius 2 is 2.33 bits per heavy atom. The zero-order chi connectivity index (χ0) is 12.5. The Bertz CT molecular complexity index is 561. The van der Waals surface area contributed by atoms with E-state index in [1.165, 1.54) is 5.56 Å². The van der Waals surface area contributed by atoms with Gasteiger partial charge in [-0.25, -0.2) is 0 Å². The molecule has 4 nitrogen and oxygen atoms in total. The van der Waals surface area contributed by atoms with Gasteiger partial charge in [0.1, 0.15) is 0 Å². The summed E-state index contributed by atoms with van der Waals surface area (Å²) < 4.78 is 6.34. The molecule has 1 aromatic carbocycles. The lowest BCUT2D eigenvalue weighted by molar-refractivity contribution is 0.345. The summed E-state index contributed by atoms with van der Waals surface area (Å²) in [5, 5.41) is 7.42. The average Bonchev–Trinajstić information content (AvgIpc) is 2.99. The molecule has 1 fully saturated rings. The summed E-state index contributed by atoms with van der Waals surface area (Å²) in [4.78, 5) is 4.48. The van der Waals surface area contributed by atoms with Crippen LogP contribution in [-0.4, -0.2) is 16.7 Å². The smallest absolute Gasteiger partial charge is 0.244 e. The van der Waals surface area contributed by atoms with Crippen molar-refractivity contribution in [1.29, 1.82) is 0 Å². The molecule has 18 heavy (non-hydrogen) atoms. The van der Waals surface area contributed by atoms with Crippen LogP contribution in [0.25, 0.3) is 11.4 Å². The van der Waals surface area contributed by atoms with E-state index in [2.05, 4.69) is 44.4 Å². The molecule has 2 aromatic rings. The van der Waals surface area contributed by atoms with Crippen molar-refractivity contribution in [1.82, 2.24) is 15.5 Å². The number of halogens is 1. The standard InChI is InChI=1S/C13H14BrN3O/c1-8-4-5-9(10(14)7-8)12-16-13(18-17-12)11-3-2-6-15-11/h4-5,7,11,15H,2-3,6H2,1H3. The van der Waals surface area contributed by atoms with Crippen LogP contribution in [0.2, 0.25) is 0 Å². The van der Waals surface area contributed by atoms with E-state index in [-0.39, 0.29) is 6.04 Å². The van der Waals surface area contributed by atoms with Crippen molar-refractivity contribution in [2.45, 2.75) is 25.8 Å². The third-order valence-corrected chi connectivity index (χ3v) is 3.82. The second-order valence-corrected chi connectivity index (χ2v) is 5.44. The molecule has 1 atom stereocenters. The summed E-state index contributed by atoms with van der Waals surface area (Å²) in [5.41, 5.74) is 2.17. The van der Waals surface area contributed by atoms with Gasteiger partial charge in [0.2, 0.25) is 11.7 Å². The molecule has 1 N–H and O–H groups in total. The Morgan fingerprint density at radius 1 is 1.44 bits per heavy atom. The Labute approximate surface area is 114 Å². The van der Waals surface area contributed by atoms with Crippen molar-refractivity contribution in [2.24, 2.45) is 0 Å². The molecule has 0 bridgehead atoms. The lowest BCUT2D eigenvalue weighted by Crippen LogP contribution is -2.12. The van der Waals surface area contributed by atoms with Crippen LogP contribution in [-0.2, 0) is 0 Å². The van der Waals surface area contributed by atoms with E-state index in [9.17, 15) is 0 Å². The summed E-state index contributed by atoms with van der Waals surface area (Å²) in [6.07, 6.45) is 2.23. The quantitative estimate of drug-likeness (QED) is 0.925. The van der Waals surface area contributed by atoms with Crippen LogP contribution in [0.1, 0.15) is 30.3 Å². The van der Waals surface area contributed by atoms with Gasteiger partial charge in [-0.1, -0.05) is 27.2 Å². The third-order valence-electron chi connectivity index (χ3n) is 3.17. The highest BCUT2D eigenvalue weighted by Crippen LogP contribution is 2.29. The molecule has 0 saturated carbocycles. The van der Waals surface area contributed by atoms with Gasteiger partial charge < -0.3 is 9.84 Å². The van der Waals surface area contributed by atoms with E-state index in [0.717, 1.165) is 29.4 Å². The number of nitrogens with zero attached hydrogens (tertiary/aromatic N) is 2. The van der Waals surface area contributed by atoms with Gasteiger partial charge in [-0.15, -0.1) is 0 Å². The van der Waals surface area contributed by atoms with Crippen molar-refractivity contribution >= 4 is 15.9 Å². The highest BCUT2D eigenvalue weighted by Gasteiger charge is 2.23. The minimum atomic E-state index is 0.218. The van der Waals surface area contributed by atoms with E-state index in [0.29, 0.717) is 11.7 Å². The second-order valence-electron chi connectivity index (χ2n) is 4.59. The van der Waals surface area contributed by atoms with Crippen LogP contribution in [0.15, 0.2) is 27.2 Å². The molecular formula is C13H14BrN3O. The van der Waals surface area contributed by atoms with E-state index in [4.69, 9.17) is 4.52 Å². The number of benzene rings is 1. The van der Waals surface area contributed by atoms with E-state index in [1.807, 2.05) is 12.1 Å². The zero-order valence-corrected chi connectivity index (χ0v) is 11.7. The van der Waals surface area contributed by atoms with Gasteiger partial charge in [0.15, 0.2) is 0 Å². The largest absolute Gasteiger partial charge is 0.337 e. The first-order valence-electron chi connectivity index (χ1n) is 6.07. The predicted molar refractivity (Wildman–Crippen MR) is 72.1 cm³/mol. The third kappa shape index (κ3) is 2.20. The Balaban J connectivity index is 1.92. The molecule has 0 aliphatic carbocycles. The molecule has 3 rings (SSSR count). The van der Waals surface area contributed by atoms with Crippen LogP contribution >= 0.6 is 15.9 Å². The molecule has 0 radical (unpaired) electrons. The molecule has 94 valence electrons. The molecule has 0 spiro atoms. The maximum absolute atomic E-state index is 5.34. The number of hydrogen-bond donors (Lipinski definition) is 1. The summed E-state index contributed by atoms with van der Waals surface area (Å²) in [6, 6.07) is 6.33. The molecule has 1 aliphatic heterocycles. The summed E-state index contributed by atoms with van der Waals surface area (Å²) >= 11 is 3.54. The van der Waals surface area contributed by atoms with Gasteiger partial charge >= 0.3 is 0 Å². The average molecular weight is 308 g/mol. The Hall–Kier alpha value is -1.20. The summed E-state index contributed by atoms with van der Waals surface area (Å²) in [7, 11) is 0. The lowest BCUT2D eigenvalue weighted by atomic mass is 10.1. The van der Waals surface area contributed by atoms with Crippen molar-refractivity contribution in [2.75, 3.05) is 6.54 Å². The van der Waals surface area contributed by atoms with Crippen LogP contribution in [0.3, 0.4) is 0 Å². The van der Waals surface area contributed by atoms with Gasteiger partial charge in [-0.2, -0.15) is 4.98 Å². The van der Waals surface area contributed by atoms with Crippen molar-refractivity contribution < 1.29 is 4.52 Å². The summed E-state index contributed by atoms with van der Waals surface area (Å²) in [5.74, 6) is 1.33. The lowest BCUT2D eigenvalue weighted by Gasteiger charge is -2.02. The molecule has 2 heterocycles. The number of aryl methyl sites for hydroxylation is 1. The number of hydrogen-bond acceptors (Lipinski definition) is 4. The maximum atomic E-state index is 5.34. The zero-order valence-electron chi connectivity index (χ0n) is 10.1. The minimum Gasteiger partial charge on any atom is -0.337 e. The van der Waals surface area contributed by atoms with Crippen molar-refractivity contribution in [3.63, 3.8) is 0 Å². The number of aromatic nitrogens is 2. The van der Waals surface area contributed by atoms with Gasteiger partial charge in [0.25, 0.3) is 0 Å². The van der Waals surface area contributed by atoms with Gasteiger partial charge in [0, 0.05) is 10.0 Å². The monoisotopic (exact) mass is 307 g/mol. The Morgan fingerprint density at radius 3 is 3.06 bits per heavy atom. The topological polar surface area (TPSA) is 51.0 Å². The van der Waals surface area contributed by atoms with E-state index < -0.39 is 0 Å². The van der Waals surface area contributed by atoms with Crippen molar-refractivity contribution in [3.05, 3.63) is 34.1 Å². The SMILES string of the molecule is Cc1ccc(-c2noc(C3CCCN3)n2)c(Br)c1. The maximum Gasteiger partial charge on any atom is 0.244 e. The molecular weight excluding hydrogens is 294 g/mol. The van der Waals surface area contributed by atoms with Crippen molar-refractivity contribution in [3.8, 4) is 11.4 Å². The first-order chi connectivity index (χ1) is 8.74. The summed E-state index contributed by atoms with van der Waals surface area (Å²) in [6.45, 7) is 3.08. The first-order valence-corrected chi connectivity index (χ1v) is 6.87. The normalized spacial score (nSPS) is 19.3. The molecule has 1 unspecified atom stereocenters. The van der Waals surface area contributed by atoms with E-state index >= 15 is 0 Å². The minimum absolute atomic E-state index is 0.218. The van der Waals surface area contributed by atoms with Gasteiger partial charge in [-0.3, -0.25) is 0 Å². The highest BCUT2D eigenvalue weighted by molar-refractivity contribution is 9.10. The predicted octanol–water partition coefficient (Wildman–Crippen LogP) is 3.23. The van der Waals surface area contributed by atoms with Gasteiger partial charge in [-0.05, 0) is 44.0 Å². The second kappa shape index (κ2) is 4.82. The fourth-order valence-electron chi connectivity index (χ4n) is 2.18. The van der Waals surface area contributed by atoms with Crippen LogP contribution in [0, 0.1) is 6.92 Å². The Kier molecular flexibility index (Phi) is 3.18. The number of rotatable bonds is 2. The first kappa shape index (κ1) is 11.9. The molecule has 5 heteroatoms. The van der Waals surface area contributed by atoms with Crippen LogP contribution in [0.4, 0.5) is 0 Å². The van der Waals surface area contributed by atoms with Crippen LogP contribution < -0.4 is 5.32 Å². The molecule has 1 aromatic heterocycles. The highest BCUT2D eigenvalue weighted by atomic mass is 79.9. The van der Waals surface area contributed by atoms with Crippen LogP contribution in [0.5, 0.6) is 0 Å². The molecule has 0 amide bonds. The molecule has 1 aliphatic rings. The molecule has 1 saturated heterocycles. The van der Waals surface area contributed by atoms with Gasteiger partial charge in [0.05, 0.1) is 6.04 Å². The number of nitrogens with one attached hydrogen (secondary N) is 1.